The number of aromatic nitrogens is 2. The zero-order chi connectivity index (χ0) is 19.4. The van der Waals surface area contributed by atoms with Crippen molar-refractivity contribution in [1.29, 1.82) is 0 Å². The summed E-state index contributed by atoms with van der Waals surface area (Å²) in [4.78, 5) is 20.4. The summed E-state index contributed by atoms with van der Waals surface area (Å²) in [6, 6.07) is 8.02. The lowest BCUT2D eigenvalue weighted by molar-refractivity contribution is -0.120. The second-order valence-corrected chi connectivity index (χ2v) is 8.70. The first-order valence-corrected chi connectivity index (χ1v) is 10.6. The van der Waals surface area contributed by atoms with Gasteiger partial charge in [0.15, 0.2) is 0 Å². The number of sulfonamides is 1. The first-order valence-electron chi connectivity index (χ1n) is 9.11. The summed E-state index contributed by atoms with van der Waals surface area (Å²) >= 11 is 0. The first-order chi connectivity index (χ1) is 12.8. The predicted molar refractivity (Wildman–Crippen MR) is 103 cm³/mol. The lowest BCUT2D eigenvalue weighted by Crippen LogP contribution is -2.32. The van der Waals surface area contributed by atoms with Gasteiger partial charge in [-0.25, -0.2) is 23.1 Å². The smallest absolute Gasteiger partial charge is 0.264 e. The van der Waals surface area contributed by atoms with Crippen LogP contribution in [0.4, 0.5) is 5.95 Å². The number of nitrogens with zero attached hydrogens (tertiary/aromatic N) is 2. The average Bonchev–Trinajstić information content (AvgIpc) is 2.61. The molecule has 1 aromatic carbocycles. The normalized spacial score (nSPS) is 15.4. The van der Waals surface area contributed by atoms with Gasteiger partial charge in [-0.1, -0.05) is 31.4 Å². The molecule has 7 nitrogen and oxygen atoms in total. The molecular formula is C19H24N4O3S. The Balaban J connectivity index is 1.77. The lowest BCUT2D eigenvalue weighted by atomic mass is 9.87. The lowest BCUT2D eigenvalue weighted by Gasteiger charge is -2.20. The van der Waals surface area contributed by atoms with Crippen LogP contribution in [0.2, 0.25) is 0 Å². The van der Waals surface area contributed by atoms with E-state index in [4.69, 9.17) is 5.73 Å². The molecule has 1 heterocycles. The highest BCUT2D eigenvalue weighted by atomic mass is 32.2. The van der Waals surface area contributed by atoms with Gasteiger partial charge in [0.25, 0.3) is 10.0 Å². The van der Waals surface area contributed by atoms with E-state index in [1.54, 1.807) is 25.1 Å². The summed E-state index contributed by atoms with van der Waals surface area (Å²) in [6.45, 7) is 1.79. The summed E-state index contributed by atoms with van der Waals surface area (Å²) in [5, 5.41) is 0. The third-order valence-electron chi connectivity index (χ3n) is 4.76. The number of anilines is 1. The van der Waals surface area contributed by atoms with Gasteiger partial charge >= 0.3 is 0 Å². The Labute approximate surface area is 159 Å². The van der Waals surface area contributed by atoms with E-state index in [0.29, 0.717) is 17.0 Å². The van der Waals surface area contributed by atoms with Crippen LogP contribution in [-0.2, 0) is 14.8 Å². The van der Waals surface area contributed by atoms with Crippen LogP contribution < -0.4 is 10.5 Å². The molecule has 1 amide bonds. The maximum absolute atomic E-state index is 12.6. The molecule has 0 unspecified atom stereocenters. The number of hydrogen-bond acceptors (Lipinski definition) is 6. The SMILES string of the molecule is Cc1cc(-c2cccc(S(=O)(=O)NC(=O)CC3CCCCC3)c2)nc(N)n1. The molecule has 0 bridgehead atoms. The number of hydrogen-bond donors (Lipinski definition) is 2. The number of amides is 1. The van der Waals surface area contributed by atoms with E-state index in [1.807, 2.05) is 0 Å². The number of rotatable bonds is 5. The van der Waals surface area contributed by atoms with Crippen molar-refractivity contribution in [3.05, 3.63) is 36.0 Å². The molecule has 2 aromatic rings. The maximum atomic E-state index is 12.6. The van der Waals surface area contributed by atoms with Crippen LogP contribution in [0.5, 0.6) is 0 Å². The maximum Gasteiger partial charge on any atom is 0.264 e. The molecule has 1 aliphatic carbocycles. The zero-order valence-corrected chi connectivity index (χ0v) is 16.1. The Bertz CT molecular complexity index is 917. The van der Waals surface area contributed by atoms with Crippen LogP contribution in [0, 0.1) is 12.8 Å². The predicted octanol–water partition coefficient (Wildman–Crippen LogP) is 2.81. The minimum absolute atomic E-state index is 0.0202. The van der Waals surface area contributed by atoms with Crippen molar-refractivity contribution >= 4 is 21.9 Å². The number of benzene rings is 1. The molecule has 0 atom stereocenters. The number of nitrogen functional groups attached to an aromatic ring is 1. The molecule has 8 heteroatoms. The van der Waals surface area contributed by atoms with Crippen LogP contribution in [0.25, 0.3) is 11.3 Å². The Hall–Kier alpha value is -2.48. The van der Waals surface area contributed by atoms with Gasteiger partial charge < -0.3 is 5.73 Å². The van der Waals surface area contributed by atoms with Gasteiger partial charge in [-0.2, -0.15) is 0 Å². The third kappa shape index (κ3) is 5.03. The quantitative estimate of drug-likeness (QED) is 0.814. The summed E-state index contributed by atoms with van der Waals surface area (Å²) in [5.74, 6) is -0.0549. The van der Waals surface area contributed by atoms with Crippen molar-refractivity contribution in [3.63, 3.8) is 0 Å². The topological polar surface area (TPSA) is 115 Å². The molecule has 0 aliphatic heterocycles. The van der Waals surface area contributed by atoms with Gasteiger partial charge in [-0.05, 0) is 43.9 Å². The molecule has 1 aromatic heterocycles. The fourth-order valence-electron chi connectivity index (χ4n) is 3.47. The number of carbonyl (C=O) groups is 1. The van der Waals surface area contributed by atoms with Crippen LogP contribution >= 0.6 is 0 Å². The largest absolute Gasteiger partial charge is 0.368 e. The van der Waals surface area contributed by atoms with E-state index < -0.39 is 15.9 Å². The van der Waals surface area contributed by atoms with Crippen molar-refractivity contribution in [2.45, 2.75) is 50.3 Å². The van der Waals surface area contributed by atoms with Gasteiger partial charge in [-0.15, -0.1) is 0 Å². The summed E-state index contributed by atoms with van der Waals surface area (Å²) < 4.78 is 27.4. The van der Waals surface area contributed by atoms with Crippen LogP contribution in [0.1, 0.15) is 44.2 Å². The van der Waals surface area contributed by atoms with E-state index in [1.165, 1.54) is 18.6 Å². The van der Waals surface area contributed by atoms with Crippen molar-refractivity contribution in [3.8, 4) is 11.3 Å². The Morgan fingerprint density at radius 1 is 1.19 bits per heavy atom. The fraction of sp³-hybridized carbons (Fsp3) is 0.421. The molecule has 1 saturated carbocycles. The number of carbonyl (C=O) groups excluding carboxylic acids is 1. The molecular weight excluding hydrogens is 364 g/mol. The molecule has 1 aliphatic rings. The van der Waals surface area contributed by atoms with Crippen molar-refractivity contribution in [2.75, 3.05) is 5.73 Å². The molecule has 3 N–H and O–H groups in total. The first kappa shape index (κ1) is 19.3. The molecule has 0 spiro atoms. The van der Waals surface area contributed by atoms with Gasteiger partial charge in [0.05, 0.1) is 10.6 Å². The number of nitrogens with two attached hydrogens (primary N) is 1. The summed E-state index contributed by atoms with van der Waals surface area (Å²) in [6.07, 6.45) is 5.62. The minimum atomic E-state index is -3.94. The van der Waals surface area contributed by atoms with Gasteiger partial charge in [0.2, 0.25) is 11.9 Å². The summed E-state index contributed by atoms with van der Waals surface area (Å²) in [5.41, 5.74) is 7.49. The Morgan fingerprint density at radius 2 is 1.93 bits per heavy atom. The third-order valence-corrected chi connectivity index (χ3v) is 6.13. The molecule has 27 heavy (non-hydrogen) atoms. The Morgan fingerprint density at radius 3 is 2.63 bits per heavy atom. The highest BCUT2D eigenvalue weighted by Gasteiger charge is 2.22. The van der Waals surface area contributed by atoms with E-state index >= 15 is 0 Å². The molecule has 144 valence electrons. The molecule has 0 radical (unpaired) electrons. The van der Waals surface area contributed by atoms with Gasteiger partial charge in [-0.3, -0.25) is 4.79 Å². The summed E-state index contributed by atoms with van der Waals surface area (Å²) in [7, 11) is -3.94. The van der Waals surface area contributed by atoms with Crippen molar-refractivity contribution < 1.29 is 13.2 Å². The minimum Gasteiger partial charge on any atom is -0.368 e. The van der Waals surface area contributed by atoms with Crippen LogP contribution in [0.15, 0.2) is 35.2 Å². The average molecular weight is 388 g/mol. The van der Waals surface area contributed by atoms with E-state index in [2.05, 4.69) is 14.7 Å². The highest BCUT2D eigenvalue weighted by Crippen LogP contribution is 2.26. The van der Waals surface area contributed by atoms with E-state index in [9.17, 15) is 13.2 Å². The highest BCUT2D eigenvalue weighted by molar-refractivity contribution is 7.90. The monoisotopic (exact) mass is 388 g/mol. The number of nitrogens with one attached hydrogen (secondary N) is 1. The second kappa shape index (κ2) is 8.04. The van der Waals surface area contributed by atoms with Crippen LogP contribution in [0.3, 0.4) is 0 Å². The van der Waals surface area contributed by atoms with Crippen molar-refractivity contribution in [1.82, 2.24) is 14.7 Å². The standard InChI is InChI=1S/C19H24N4O3S/c1-13-10-17(22-19(20)21-13)15-8-5-9-16(12-15)27(25,26)23-18(24)11-14-6-3-2-4-7-14/h5,8-10,12,14H,2-4,6-7,11H2,1H3,(H,23,24)(H2,20,21,22). The number of aryl methyl sites for hydroxylation is 1. The fourth-order valence-corrected chi connectivity index (χ4v) is 4.51. The molecule has 0 saturated heterocycles. The van der Waals surface area contributed by atoms with E-state index in [0.717, 1.165) is 25.7 Å². The van der Waals surface area contributed by atoms with Crippen LogP contribution in [-0.4, -0.2) is 24.3 Å². The van der Waals surface area contributed by atoms with Gasteiger partial charge in [0.1, 0.15) is 0 Å². The van der Waals surface area contributed by atoms with Crippen molar-refractivity contribution in [2.24, 2.45) is 5.92 Å². The molecule has 3 rings (SSSR count). The van der Waals surface area contributed by atoms with E-state index in [-0.39, 0.29) is 23.2 Å². The zero-order valence-electron chi connectivity index (χ0n) is 15.3. The van der Waals surface area contributed by atoms with Gasteiger partial charge in [0, 0.05) is 17.7 Å². The second-order valence-electron chi connectivity index (χ2n) is 7.02. The molecule has 1 fully saturated rings. The Kier molecular flexibility index (Phi) is 5.74.